The number of hydrogen-bond donors (Lipinski definition) is 0. The summed E-state index contributed by atoms with van der Waals surface area (Å²) in [5, 5.41) is 1.87. The Morgan fingerprint density at radius 2 is 1.27 bits per heavy atom. The van der Waals surface area contributed by atoms with Gasteiger partial charge in [-0.2, -0.15) is 0 Å². The molecule has 4 heteroatoms. The van der Waals surface area contributed by atoms with E-state index in [1.54, 1.807) is 0 Å². The van der Waals surface area contributed by atoms with Crippen molar-refractivity contribution in [1.82, 2.24) is 0 Å². The molecule has 0 unspecified atom stereocenters. The van der Waals surface area contributed by atoms with Gasteiger partial charge >= 0.3 is 0 Å². The maximum absolute atomic E-state index is 11.9. The Morgan fingerprint density at radius 1 is 0.733 bits per heavy atom. The van der Waals surface area contributed by atoms with E-state index in [0.29, 0.717) is 36.0 Å². The second-order valence-corrected chi connectivity index (χ2v) is 7.06. The molecule has 0 amide bonds. The first kappa shape index (κ1) is 18.1. The zero-order valence-electron chi connectivity index (χ0n) is 16.2. The molecular formula is C26H19NO3. The van der Waals surface area contributed by atoms with Gasteiger partial charge in [0, 0.05) is 16.7 Å². The van der Waals surface area contributed by atoms with Crippen LogP contribution in [-0.4, -0.2) is 25.2 Å². The molecule has 0 bridgehead atoms. The number of aliphatic imine (C=N–C) groups is 1. The Bertz CT molecular complexity index is 1210. The largest absolute Gasteiger partial charge is 0.486 e. The van der Waals surface area contributed by atoms with Crippen LogP contribution in [0.1, 0.15) is 21.5 Å². The van der Waals surface area contributed by atoms with Gasteiger partial charge in [0.2, 0.25) is 0 Å². The van der Waals surface area contributed by atoms with Crippen molar-refractivity contribution >= 4 is 28.5 Å². The van der Waals surface area contributed by atoms with Crippen LogP contribution in [0.25, 0.3) is 10.8 Å². The van der Waals surface area contributed by atoms with E-state index in [-0.39, 0.29) is 0 Å². The monoisotopic (exact) mass is 393 g/mol. The summed E-state index contributed by atoms with van der Waals surface area (Å²) >= 11 is 0. The Kier molecular flexibility index (Phi) is 4.74. The van der Waals surface area contributed by atoms with Crippen molar-refractivity contribution in [3.05, 3.63) is 102 Å². The first-order chi connectivity index (χ1) is 14.8. The standard InChI is InChI=1S/C26H19NO3/c28-17-22-13-20-15-24-25(30-12-11-29-24)16-21(20)14-23(22)27-26(18-7-3-1-4-8-18)19-9-5-2-6-10-19/h1-10,13-17H,11-12H2. The van der Waals surface area contributed by atoms with Crippen molar-refractivity contribution < 1.29 is 14.3 Å². The summed E-state index contributed by atoms with van der Waals surface area (Å²) in [6.07, 6.45) is 0.850. The zero-order valence-corrected chi connectivity index (χ0v) is 16.2. The molecule has 0 spiro atoms. The minimum atomic E-state index is 0.527. The minimum Gasteiger partial charge on any atom is -0.486 e. The molecule has 1 aliphatic heterocycles. The molecule has 5 rings (SSSR count). The van der Waals surface area contributed by atoms with Crippen LogP contribution in [0, 0.1) is 0 Å². The van der Waals surface area contributed by atoms with E-state index >= 15 is 0 Å². The van der Waals surface area contributed by atoms with Gasteiger partial charge in [0.05, 0.1) is 11.4 Å². The fourth-order valence-corrected chi connectivity index (χ4v) is 3.64. The Morgan fingerprint density at radius 3 is 1.80 bits per heavy atom. The van der Waals surface area contributed by atoms with Crippen LogP contribution in [0.4, 0.5) is 5.69 Å². The number of ether oxygens (including phenoxy) is 2. The Balaban J connectivity index is 1.71. The highest BCUT2D eigenvalue weighted by Crippen LogP contribution is 2.37. The van der Waals surface area contributed by atoms with Crippen LogP contribution in [0.3, 0.4) is 0 Å². The number of carbonyl (C=O) groups is 1. The lowest BCUT2D eigenvalue weighted by Gasteiger charge is -2.19. The third-order valence-electron chi connectivity index (χ3n) is 5.10. The van der Waals surface area contributed by atoms with Crippen molar-refractivity contribution in [2.45, 2.75) is 0 Å². The molecule has 1 heterocycles. The molecule has 0 atom stereocenters. The Labute approximate surface area is 174 Å². The van der Waals surface area contributed by atoms with Gasteiger partial charge in [-0.3, -0.25) is 4.79 Å². The van der Waals surface area contributed by atoms with Gasteiger partial charge < -0.3 is 9.47 Å². The molecule has 0 aromatic heterocycles. The number of fused-ring (bicyclic) bond motifs is 2. The van der Waals surface area contributed by atoms with E-state index in [2.05, 4.69) is 0 Å². The first-order valence-corrected chi connectivity index (χ1v) is 9.84. The van der Waals surface area contributed by atoms with E-state index in [0.717, 1.165) is 33.9 Å². The molecule has 146 valence electrons. The van der Waals surface area contributed by atoms with E-state index in [9.17, 15) is 4.79 Å². The van der Waals surface area contributed by atoms with Gasteiger partial charge in [-0.05, 0) is 35.0 Å². The fourth-order valence-electron chi connectivity index (χ4n) is 3.64. The van der Waals surface area contributed by atoms with Gasteiger partial charge in [-0.15, -0.1) is 0 Å². The number of carbonyl (C=O) groups excluding carboxylic acids is 1. The predicted octanol–water partition coefficient (Wildman–Crippen LogP) is 5.59. The summed E-state index contributed by atoms with van der Waals surface area (Å²) < 4.78 is 11.4. The van der Waals surface area contributed by atoms with Crippen LogP contribution in [0.2, 0.25) is 0 Å². The van der Waals surface area contributed by atoms with E-state index in [1.165, 1.54) is 0 Å². The van der Waals surface area contributed by atoms with Crippen molar-refractivity contribution in [2.75, 3.05) is 13.2 Å². The highest BCUT2D eigenvalue weighted by molar-refractivity contribution is 6.14. The number of benzene rings is 4. The molecule has 4 aromatic rings. The summed E-state index contributed by atoms with van der Waals surface area (Å²) in [7, 11) is 0. The minimum absolute atomic E-state index is 0.527. The molecule has 0 fully saturated rings. The van der Waals surface area contributed by atoms with E-state index in [4.69, 9.17) is 14.5 Å². The lowest BCUT2D eigenvalue weighted by atomic mass is 10.0. The molecule has 0 radical (unpaired) electrons. The van der Waals surface area contributed by atoms with Crippen molar-refractivity contribution in [1.29, 1.82) is 0 Å². The van der Waals surface area contributed by atoms with E-state index < -0.39 is 0 Å². The topological polar surface area (TPSA) is 47.9 Å². The molecule has 1 aliphatic rings. The number of hydrogen-bond acceptors (Lipinski definition) is 4. The quantitative estimate of drug-likeness (QED) is 0.335. The first-order valence-electron chi connectivity index (χ1n) is 9.84. The molecular weight excluding hydrogens is 374 g/mol. The number of rotatable bonds is 4. The highest BCUT2D eigenvalue weighted by atomic mass is 16.6. The Hall–Kier alpha value is -3.92. The summed E-state index contributed by atoms with van der Waals surface area (Å²) in [5.41, 5.74) is 3.95. The lowest BCUT2D eigenvalue weighted by Crippen LogP contribution is -2.15. The number of nitrogens with zero attached hydrogens (tertiary/aromatic N) is 1. The average Bonchev–Trinajstić information content (AvgIpc) is 2.81. The zero-order chi connectivity index (χ0) is 20.3. The third-order valence-corrected chi connectivity index (χ3v) is 5.10. The molecule has 30 heavy (non-hydrogen) atoms. The molecule has 0 aliphatic carbocycles. The summed E-state index contributed by atoms with van der Waals surface area (Å²) in [5.74, 6) is 1.42. The molecule has 4 aromatic carbocycles. The van der Waals surface area contributed by atoms with Gasteiger partial charge in [-0.1, -0.05) is 60.7 Å². The smallest absolute Gasteiger partial charge is 0.162 e. The SMILES string of the molecule is O=Cc1cc2cc3c(cc2cc1N=C(c1ccccc1)c1ccccc1)OCCO3. The predicted molar refractivity (Wildman–Crippen MR) is 119 cm³/mol. The van der Waals surface area contributed by atoms with Crippen molar-refractivity contribution in [2.24, 2.45) is 4.99 Å². The van der Waals surface area contributed by atoms with E-state index in [1.807, 2.05) is 84.9 Å². The highest BCUT2D eigenvalue weighted by Gasteiger charge is 2.15. The van der Waals surface area contributed by atoms with Crippen molar-refractivity contribution in [3.63, 3.8) is 0 Å². The number of aldehydes is 1. The van der Waals surface area contributed by atoms with Gasteiger partial charge in [-0.25, -0.2) is 4.99 Å². The van der Waals surface area contributed by atoms with Crippen LogP contribution >= 0.6 is 0 Å². The van der Waals surface area contributed by atoms with Gasteiger partial charge in [0.1, 0.15) is 13.2 Å². The summed E-state index contributed by atoms with van der Waals surface area (Å²) in [6.45, 7) is 1.06. The molecule has 4 nitrogen and oxygen atoms in total. The average molecular weight is 393 g/mol. The molecule has 0 saturated carbocycles. The second kappa shape index (κ2) is 7.84. The summed E-state index contributed by atoms with van der Waals surface area (Å²) in [4.78, 5) is 16.8. The van der Waals surface area contributed by atoms with Crippen LogP contribution in [0.5, 0.6) is 11.5 Å². The molecule has 0 N–H and O–H groups in total. The molecule has 0 saturated heterocycles. The second-order valence-electron chi connectivity index (χ2n) is 7.06. The summed E-state index contributed by atoms with van der Waals surface area (Å²) in [6, 6.07) is 27.6. The maximum atomic E-state index is 11.9. The van der Waals surface area contributed by atoms with Crippen LogP contribution < -0.4 is 9.47 Å². The van der Waals surface area contributed by atoms with Gasteiger partial charge in [0.25, 0.3) is 0 Å². The van der Waals surface area contributed by atoms with Crippen LogP contribution in [0.15, 0.2) is 89.9 Å². The van der Waals surface area contributed by atoms with Crippen molar-refractivity contribution in [3.8, 4) is 11.5 Å². The van der Waals surface area contributed by atoms with Gasteiger partial charge in [0.15, 0.2) is 17.8 Å². The maximum Gasteiger partial charge on any atom is 0.162 e. The fraction of sp³-hybridized carbons (Fsp3) is 0.0769. The normalized spacial score (nSPS) is 12.4. The lowest BCUT2D eigenvalue weighted by molar-refractivity contribution is 0.112. The van der Waals surface area contributed by atoms with Crippen LogP contribution in [-0.2, 0) is 0 Å². The third kappa shape index (κ3) is 3.44.